The summed E-state index contributed by atoms with van der Waals surface area (Å²) < 4.78 is 7.37. The molecule has 0 bridgehead atoms. The maximum absolute atomic E-state index is 11.9. The molecular formula is C16H14N2O2. The van der Waals surface area contributed by atoms with Gasteiger partial charge in [-0.15, -0.1) is 0 Å². The van der Waals surface area contributed by atoms with E-state index in [0.717, 1.165) is 24.0 Å². The third-order valence-corrected chi connectivity index (χ3v) is 3.88. The highest BCUT2D eigenvalue weighted by Gasteiger charge is 2.23. The van der Waals surface area contributed by atoms with E-state index in [1.54, 1.807) is 6.92 Å². The summed E-state index contributed by atoms with van der Waals surface area (Å²) in [5.74, 6) is -0.339. The van der Waals surface area contributed by atoms with Crippen LogP contribution < -0.4 is 0 Å². The minimum absolute atomic E-state index is 0.339. The Labute approximate surface area is 116 Å². The predicted molar refractivity (Wildman–Crippen MR) is 76.9 cm³/mol. The van der Waals surface area contributed by atoms with Crippen LogP contribution in [0.15, 0.2) is 30.3 Å². The van der Waals surface area contributed by atoms with Crippen LogP contribution in [0.25, 0.3) is 21.8 Å². The van der Waals surface area contributed by atoms with Crippen LogP contribution in [0.1, 0.15) is 23.1 Å². The van der Waals surface area contributed by atoms with E-state index in [9.17, 15) is 4.79 Å². The van der Waals surface area contributed by atoms with E-state index in [1.807, 2.05) is 18.2 Å². The molecule has 0 unspecified atom stereocenters. The normalized spacial score (nSPS) is 13.2. The van der Waals surface area contributed by atoms with Crippen LogP contribution in [0.3, 0.4) is 0 Å². The fourth-order valence-electron chi connectivity index (χ4n) is 3.09. The number of esters is 1. The van der Waals surface area contributed by atoms with Crippen molar-refractivity contribution in [2.75, 3.05) is 6.61 Å². The summed E-state index contributed by atoms with van der Waals surface area (Å²) in [5.41, 5.74) is 3.80. The first-order valence-electron chi connectivity index (χ1n) is 6.87. The summed E-state index contributed by atoms with van der Waals surface area (Å²) in [4.78, 5) is 16.4. The quantitative estimate of drug-likeness (QED) is 0.670. The number of aryl methyl sites for hydroxylation is 2. The first-order valence-corrected chi connectivity index (χ1v) is 6.87. The molecule has 0 fully saturated rings. The van der Waals surface area contributed by atoms with Gasteiger partial charge in [0.25, 0.3) is 0 Å². The molecule has 1 aliphatic rings. The number of aromatic nitrogens is 2. The zero-order valence-electron chi connectivity index (χ0n) is 11.2. The smallest absolute Gasteiger partial charge is 0.356 e. The third kappa shape index (κ3) is 1.42. The van der Waals surface area contributed by atoms with Gasteiger partial charge < -0.3 is 9.30 Å². The van der Waals surface area contributed by atoms with Gasteiger partial charge in [-0.1, -0.05) is 18.2 Å². The van der Waals surface area contributed by atoms with Crippen molar-refractivity contribution in [3.8, 4) is 0 Å². The van der Waals surface area contributed by atoms with Gasteiger partial charge in [-0.3, -0.25) is 0 Å². The fraction of sp³-hybridized carbons (Fsp3) is 0.250. The summed E-state index contributed by atoms with van der Waals surface area (Å²) >= 11 is 0. The van der Waals surface area contributed by atoms with E-state index >= 15 is 0 Å². The average Bonchev–Trinajstić information content (AvgIpc) is 3.03. The molecule has 4 rings (SSSR count). The van der Waals surface area contributed by atoms with Gasteiger partial charge in [0.1, 0.15) is 5.69 Å². The van der Waals surface area contributed by atoms with Gasteiger partial charge in [0.05, 0.1) is 17.8 Å². The van der Waals surface area contributed by atoms with Crippen LogP contribution in [-0.2, 0) is 17.7 Å². The van der Waals surface area contributed by atoms with E-state index in [-0.39, 0.29) is 5.97 Å². The van der Waals surface area contributed by atoms with Gasteiger partial charge in [0.2, 0.25) is 0 Å². The summed E-state index contributed by atoms with van der Waals surface area (Å²) in [7, 11) is 0. The van der Waals surface area contributed by atoms with Crippen LogP contribution in [0.5, 0.6) is 0 Å². The first kappa shape index (κ1) is 11.5. The zero-order valence-corrected chi connectivity index (χ0v) is 11.2. The van der Waals surface area contributed by atoms with Gasteiger partial charge in [-0.05, 0) is 19.1 Å². The Morgan fingerprint density at radius 1 is 1.35 bits per heavy atom. The van der Waals surface area contributed by atoms with Crippen molar-refractivity contribution < 1.29 is 9.53 Å². The molecule has 0 saturated heterocycles. The topological polar surface area (TPSA) is 44.1 Å². The largest absolute Gasteiger partial charge is 0.461 e. The highest BCUT2D eigenvalue weighted by molar-refractivity contribution is 6.10. The van der Waals surface area contributed by atoms with Crippen molar-refractivity contribution in [1.29, 1.82) is 0 Å². The Hall–Kier alpha value is -2.36. The van der Waals surface area contributed by atoms with Gasteiger partial charge >= 0.3 is 5.97 Å². The second kappa shape index (κ2) is 4.07. The minimum Gasteiger partial charge on any atom is -0.461 e. The van der Waals surface area contributed by atoms with Crippen LogP contribution >= 0.6 is 0 Å². The maximum atomic E-state index is 11.9. The number of para-hydroxylation sites is 1. The van der Waals surface area contributed by atoms with Gasteiger partial charge in [0.15, 0.2) is 0 Å². The van der Waals surface area contributed by atoms with Crippen LogP contribution in [0, 0.1) is 0 Å². The number of hydrogen-bond donors (Lipinski definition) is 0. The molecule has 3 aromatic rings. The standard InChI is InChI=1S/C16H14N2O2/c1-2-20-16(19)13-9-11-10-5-3-4-6-14(10)18-8-7-12(17-13)15(11)18/h3-6,9H,2,7-8H2,1H3. The minimum atomic E-state index is -0.339. The SMILES string of the molecule is CCOC(=O)c1cc2c3ccccc3n3c2c(n1)CC3. The lowest BCUT2D eigenvalue weighted by molar-refractivity contribution is 0.0519. The molecule has 1 aliphatic heterocycles. The Morgan fingerprint density at radius 2 is 2.20 bits per heavy atom. The molecule has 0 spiro atoms. The summed E-state index contributed by atoms with van der Waals surface area (Å²) in [6.45, 7) is 3.11. The molecule has 0 radical (unpaired) electrons. The van der Waals surface area contributed by atoms with Gasteiger partial charge in [-0.2, -0.15) is 0 Å². The van der Waals surface area contributed by atoms with Gasteiger partial charge in [0, 0.05) is 29.3 Å². The molecule has 0 N–H and O–H groups in total. The summed E-state index contributed by atoms with van der Waals surface area (Å²) in [6, 6.07) is 10.1. The monoisotopic (exact) mass is 266 g/mol. The molecule has 2 aromatic heterocycles. The first-order chi connectivity index (χ1) is 9.79. The van der Waals surface area contributed by atoms with Crippen molar-refractivity contribution >= 4 is 27.8 Å². The number of fused-ring (bicyclic) bond motifs is 3. The van der Waals surface area contributed by atoms with Crippen molar-refractivity contribution in [3.05, 3.63) is 41.7 Å². The Bertz CT molecular complexity index is 848. The second-order valence-corrected chi connectivity index (χ2v) is 4.99. The van der Waals surface area contributed by atoms with E-state index < -0.39 is 0 Å². The number of pyridine rings is 1. The van der Waals surface area contributed by atoms with E-state index in [4.69, 9.17) is 4.74 Å². The van der Waals surface area contributed by atoms with E-state index in [0.29, 0.717) is 12.3 Å². The third-order valence-electron chi connectivity index (χ3n) is 3.88. The molecule has 4 heteroatoms. The zero-order chi connectivity index (χ0) is 13.7. The van der Waals surface area contributed by atoms with Crippen LogP contribution in [0.2, 0.25) is 0 Å². The number of ether oxygens (including phenoxy) is 1. The summed E-state index contributed by atoms with van der Waals surface area (Å²) in [5, 5.41) is 2.28. The van der Waals surface area contributed by atoms with E-state index in [2.05, 4.69) is 21.7 Å². The lowest BCUT2D eigenvalue weighted by atomic mass is 10.1. The van der Waals surface area contributed by atoms with Crippen LogP contribution in [-0.4, -0.2) is 22.1 Å². The number of rotatable bonds is 2. The molecule has 100 valence electrons. The van der Waals surface area contributed by atoms with Crippen molar-refractivity contribution in [2.24, 2.45) is 0 Å². The molecule has 0 saturated carbocycles. The molecule has 20 heavy (non-hydrogen) atoms. The van der Waals surface area contributed by atoms with Crippen LogP contribution in [0.4, 0.5) is 0 Å². The van der Waals surface area contributed by atoms with Crippen molar-refractivity contribution in [1.82, 2.24) is 9.55 Å². The fourth-order valence-corrected chi connectivity index (χ4v) is 3.09. The average molecular weight is 266 g/mol. The second-order valence-electron chi connectivity index (χ2n) is 4.99. The molecule has 4 nitrogen and oxygen atoms in total. The Morgan fingerprint density at radius 3 is 3.05 bits per heavy atom. The molecule has 1 aromatic carbocycles. The lowest BCUT2D eigenvalue weighted by Gasteiger charge is -2.03. The van der Waals surface area contributed by atoms with Crippen molar-refractivity contribution in [2.45, 2.75) is 19.9 Å². The molecule has 3 heterocycles. The highest BCUT2D eigenvalue weighted by atomic mass is 16.5. The number of hydrogen-bond acceptors (Lipinski definition) is 3. The number of carbonyl (C=O) groups excluding carboxylic acids is 1. The number of nitrogens with zero attached hydrogens (tertiary/aromatic N) is 2. The number of carbonyl (C=O) groups is 1. The molecule has 0 aliphatic carbocycles. The Kier molecular flexibility index (Phi) is 2.33. The predicted octanol–water partition coefficient (Wildman–Crippen LogP) is 2.92. The summed E-state index contributed by atoms with van der Waals surface area (Å²) in [6.07, 6.45) is 0.879. The lowest BCUT2D eigenvalue weighted by Crippen LogP contribution is -2.08. The number of benzene rings is 1. The van der Waals surface area contributed by atoms with E-state index in [1.165, 1.54) is 16.4 Å². The maximum Gasteiger partial charge on any atom is 0.356 e. The highest BCUT2D eigenvalue weighted by Crippen LogP contribution is 2.34. The molecular weight excluding hydrogens is 252 g/mol. The van der Waals surface area contributed by atoms with Crippen molar-refractivity contribution in [3.63, 3.8) is 0 Å². The van der Waals surface area contributed by atoms with Gasteiger partial charge in [-0.25, -0.2) is 9.78 Å². The molecule has 0 atom stereocenters. The molecule has 0 amide bonds. The Balaban J connectivity index is 2.06.